The molecule has 5 N–H and O–H groups in total. The van der Waals surface area contributed by atoms with Crippen molar-refractivity contribution in [3.63, 3.8) is 0 Å². The number of likely N-dealkylation sites (tertiary alicyclic amines) is 8. The molecule has 0 aromatic carbocycles. The van der Waals surface area contributed by atoms with Gasteiger partial charge in [-0.3, -0.25) is 52.7 Å². The minimum Gasteiger partial charge on any atom is -0.478 e. The van der Waals surface area contributed by atoms with Gasteiger partial charge in [0, 0.05) is 177 Å². The monoisotopic (exact) mass is 1670 g/mol. The molecule has 40 heteroatoms. The van der Waals surface area contributed by atoms with Crippen LogP contribution < -0.4 is 16.0 Å². The molecule has 652 valence electrons. The Bertz CT molecular complexity index is 3530. The zero-order valence-electron chi connectivity index (χ0n) is 68.0. The molecule has 0 aromatic rings. The van der Waals surface area contributed by atoms with Gasteiger partial charge in [-0.1, -0.05) is 12.8 Å². The maximum absolute atomic E-state index is 11.8. The number of nitrogens with one attached hydrogen (secondary N) is 3. The number of esters is 7. The van der Waals surface area contributed by atoms with E-state index in [-0.39, 0.29) is 66.6 Å². The van der Waals surface area contributed by atoms with Gasteiger partial charge in [0.2, 0.25) is 65.0 Å². The maximum Gasteiger partial charge on any atom is 0.332 e. The highest BCUT2D eigenvalue weighted by molar-refractivity contribution is 5.97. The lowest BCUT2D eigenvalue weighted by Gasteiger charge is -2.24. The normalized spacial score (nSPS) is 18.4. The average molecular weight is 1670 g/mol. The first-order chi connectivity index (χ1) is 56.0. The molecule has 0 saturated carbocycles. The van der Waals surface area contributed by atoms with Gasteiger partial charge in [0.25, 0.3) is 0 Å². The molecule has 6 unspecified atom stereocenters. The second kappa shape index (κ2) is 54.6. The number of carboxylic acids is 2. The summed E-state index contributed by atoms with van der Waals surface area (Å²) >= 11 is 0. The number of rotatable bonds is 30. The second-order valence-corrected chi connectivity index (χ2v) is 27.2. The summed E-state index contributed by atoms with van der Waals surface area (Å²) in [4.78, 5) is 238. The Labute approximate surface area is 683 Å². The molecule has 0 radical (unpaired) electrons. The van der Waals surface area contributed by atoms with E-state index in [1.807, 2.05) is 0 Å². The Morgan fingerprint density at radius 2 is 0.534 bits per heavy atom. The van der Waals surface area contributed by atoms with E-state index in [1.165, 1.54) is 28.9 Å². The average Bonchev–Trinajstić information content (AvgIpc) is 1.74. The Morgan fingerprint density at radius 3 is 0.814 bits per heavy atom. The van der Waals surface area contributed by atoms with Gasteiger partial charge in [0.15, 0.2) is 18.7 Å². The second-order valence-electron chi connectivity index (χ2n) is 27.2. The SMILES string of the molecule is CC(NC(=O)C=CC(=O)O)N1CCCC1=O.CC(NC(=O)C=CC(=O)OC(C)N1CCCC1=O)N1CCCC1=O.CC(OC(=O)C=CC(=O)OC(C)N1CCCC1=O)N1CCCC1=O.COC(=O)C=CC(=O)NC(C)N1CCCC1=O.COC(=O)C=CC(=O)OCCN1CCCCCC1=O.O=C(O)C=CC(=O)OCCN1CCCCCC1=O. The van der Waals surface area contributed by atoms with Crippen LogP contribution in [0.4, 0.5) is 0 Å². The van der Waals surface area contributed by atoms with Gasteiger partial charge in [-0.15, -0.1) is 0 Å². The summed E-state index contributed by atoms with van der Waals surface area (Å²) in [5.41, 5.74) is 0. The van der Waals surface area contributed by atoms with Crippen molar-refractivity contribution < 1.29 is 139 Å². The number of methoxy groups -OCH3 is 2. The number of carbonyl (C=O) groups is 20. The molecule has 40 nitrogen and oxygen atoms in total. The van der Waals surface area contributed by atoms with Crippen LogP contribution >= 0.6 is 0 Å². The highest BCUT2D eigenvalue weighted by Gasteiger charge is 2.32. The van der Waals surface area contributed by atoms with Gasteiger partial charge in [-0.2, -0.15) is 0 Å². The van der Waals surface area contributed by atoms with Crippen molar-refractivity contribution in [2.45, 2.75) is 207 Å². The van der Waals surface area contributed by atoms with Gasteiger partial charge in [-0.25, -0.2) is 43.2 Å². The van der Waals surface area contributed by atoms with Crippen molar-refractivity contribution in [2.24, 2.45) is 0 Å². The number of carbonyl (C=O) groups excluding carboxylic acids is 18. The number of amides is 11. The fourth-order valence-corrected chi connectivity index (χ4v) is 12.3. The summed E-state index contributed by atoms with van der Waals surface area (Å²) in [6.07, 6.45) is 22.8. The molecular weight excluding hydrogens is 1550 g/mol. The smallest absolute Gasteiger partial charge is 0.332 e. The number of nitrogens with zero attached hydrogens (tertiary/aromatic N) is 8. The van der Waals surface area contributed by atoms with E-state index in [1.54, 1.807) is 66.0 Å². The number of carboxylic acid groups (broad SMARTS) is 2. The fourth-order valence-electron chi connectivity index (χ4n) is 12.3. The van der Waals surface area contributed by atoms with Gasteiger partial charge in [0.1, 0.15) is 31.7 Å². The van der Waals surface area contributed by atoms with Gasteiger partial charge in [0.05, 0.1) is 27.3 Å². The summed E-state index contributed by atoms with van der Waals surface area (Å²) < 4.78 is 33.7. The Kier molecular flexibility index (Phi) is 46.3. The summed E-state index contributed by atoms with van der Waals surface area (Å²) in [6, 6.07) is 0. The van der Waals surface area contributed by atoms with Crippen LogP contribution in [0.15, 0.2) is 72.9 Å². The molecule has 118 heavy (non-hydrogen) atoms. The quantitative estimate of drug-likeness (QED) is 0.0386. The van der Waals surface area contributed by atoms with Crippen molar-refractivity contribution in [3.05, 3.63) is 72.9 Å². The predicted octanol–water partition coefficient (Wildman–Crippen LogP) is 1.45. The number of aliphatic carboxylic acids is 2. The van der Waals surface area contributed by atoms with E-state index in [0.29, 0.717) is 117 Å². The third-order valence-electron chi connectivity index (χ3n) is 18.4. The molecule has 0 spiro atoms. The van der Waals surface area contributed by atoms with E-state index in [2.05, 4.69) is 25.4 Å². The van der Waals surface area contributed by atoms with E-state index < -0.39 is 102 Å². The highest BCUT2D eigenvalue weighted by atomic mass is 16.6. The van der Waals surface area contributed by atoms with Crippen LogP contribution in [0.3, 0.4) is 0 Å². The zero-order valence-corrected chi connectivity index (χ0v) is 68.0. The molecule has 8 aliphatic heterocycles. The highest BCUT2D eigenvalue weighted by Crippen LogP contribution is 2.20. The summed E-state index contributed by atoms with van der Waals surface area (Å²) in [5, 5.41) is 24.4. The van der Waals surface area contributed by atoms with Crippen molar-refractivity contribution in [1.82, 2.24) is 55.1 Å². The standard InChI is InChI=1S/C16H23N3O5.C16H22N2O6.C13H19NO5.C12H17NO5.C11H16N2O4.C10H14N2O4/c1-11(18-9-3-5-14(18)21)17-13(20)7-8-16(23)24-12(2)19-10-4-6-15(19)22;1-11(17-9-3-5-13(17)19)23-15(21)7-8-16(22)24-12(2)18-10-4-6-14(18)20;1-18-12(16)6-7-13(17)19-10-9-14-8-4-2-3-5-11(14)15;14-10-4-2-1-3-7-13(10)8-9-18-12(17)6-5-11(15)16;1-8(13-7-3-4-10(13)15)12-9(14)5-6-11(16)17-2;1-7(12-6-2-3-9(12)14)11-8(13)4-5-10(15)16/h7-8,11-12H,3-6,9-10H2,1-2H3,(H,17,20);7-8,11-12H,3-6,9-10H2,1-2H3;6-7H,2-5,8-10H2,1H3;5-6H,1-4,7-9H2,(H,15,16);5-6,8H,3-4,7H2,1-2H3,(H,12,14);4-5,7H,2-3,6H2,1H3,(H,11,13)(H,15,16). The molecular formula is C78H111N11O29. The number of hydrogen-bond acceptors (Lipinski definition) is 27. The molecule has 11 amide bonds. The van der Waals surface area contributed by atoms with Crippen LogP contribution in [-0.2, 0) is 129 Å². The van der Waals surface area contributed by atoms with Crippen LogP contribution in [0.5, 0.6) is 0 Å². The first-order valence-corrected chi connectivity index (χ1v) is 38.9. The molecule has 8 saturated heterocycles. The maximum atomic E-state index is 11.8. The minimum absolute atomic E-state index is 0.00927. The summed E-state index contributed by atoms with van der Waals surface area (Å²) in [5.74, 6) is -8.39. The van der Waals surface area contributed by atoms with Crippen LogP contribution in [-0.4, -0.2) is 298 Å². The molecule has 8 heterocycles. The van der Waals surface area contributed by atoms with E-state index in [0.717, 1.165) is 150 Å². The third-order valence-corrected chi connectivity index (χ3v) is 18.4. The number of hydrogen-bond donors (Lipinski definition) is 5. The molecule has 6 atom stereocenters. The van der Waals surface area contributed by atoms with Crippen LogP contribution in [0.1, 0.15) is 170 Å². The van der Waals surface area contributed by atoms with Crippen molar-refractivity contribution in [3.8, 4) is 0 Å². The van der Waals surface area contributed by atoms with Gasteiger partial charge >= 0.3 is 53.7 Å². The molecule has 8 rings (SSSR count). The Hall–Kier alpha value is -12.2. The third kappa shape index (κ3) is 39.9. The lowest BCUT2D eigenvalue weighted by molar-refractivity contribution is -0.159. The first-order valence-electron chi connectivity index (χ1n) is 38.9. The molecule has 0 aliphatic carbocycles. The Morgan fingerprint density at radius 1 is 0.297 bits per heavy atom. The molecule has 0 bridgehead atoms. The topological polar surface area (TPSA) is 508 Å². The van der Waals surface area contributed by atoms with E-state index >= 15 is 0 Å². The largest absolute Gasteiger partial charge is 0.478 e. The zero-order chi connectivity index (χ0) is 87.8. The van der Waals surface area contributed by atoms with Crippen LogP contribution in [0, 0.1) is 0 Å². The fraction of sp³-hybridized carbons (Fsp3) is 0.590. The van der Waals surface area contributed by atoms with E-state index in [4.69, 9.17) is 33.9 Å². The van der Waals surface area contributed by atoms with Gasteiger partial charge in [-0.05, 0) is 106 Å². The van der Waals surface area contributed by atoms with Crippen molar-refractivity contribution in [1.29, 1.82) is 0 Å². The molecule has 8 fully saturated rings. The molecule has 0 aromatic heterocycles. The molecule has 8 aliphatic rings. The number of ether oxygens (including phenoxy) is 7. The van der Waals surface area contributed by atoms with Crippen molar-refractivity contribution in [2.75, 3.05) is 92.9 Å². The minimum atomic E-state index is -1.20. The Balaban J connectivity index is 0.000000369. The van der Waals surface area contributed by atoms with E-state index in [9.17, 15) is 95.9 Å². The summed E-state index contributed by atoms with van der Waals surface area (Å²) in [6.45, 7) is 16.0. The predicted molar refractivity (Wildman–Crippen MR) is 411 cm³/mol. The van der Waals surface area contributed by atoms with Crippen LogP contribution in [0.25, 0.3) is 0 Å². The lowest BCUT2D eigenvalue weighted by atomic mass is 10.2. The van der Waals surface area contributed by atoms with Crippen LogP contribution in [0.2, 0.25) is 0 Å². The summed E-state index contributed by atoms with van der Waals surface area (Å²) in [7, 11) is 2.46. The van der Waals surface area contributed by atoms with Gasteiger partial charge < -0.3 is 98.5 Å². The first kappa shape index (κ1) is 100. The lowest BCUT2D eigenvalue weighted by Crippen LogP contribution is -2.46. The van der Waals surface area contributed by atoms with Crippen molar-refractivity contribution >= 4 is 119 Å².